The number of nitro groups is 1. The molecule has 0 aliphatic carbocycles. The molecule has 0 saturated heterocycles. The molecule has 1 aromatic carbocycles. The molecule has 1 atom stereocenters. The van der Waals surface area contributed by atoms with Gasteiger partial charge in [-0.25, -0.2) is 9.59 Å². The first-order chi connectivity index (χ1) is 11.3. The molecule has 0 fully saturated rings. The second-order valence-electron chi connectivity index (χ2n) is 5.91. The number of carbonyl (C=O) groups excluding carboxylic acids is 2. The molecule has 128 valence electrons. The van der Waals surface area contributed by atoms with Gasteiger partial charge in [0.2, 0.25) is 0 Å². The Balaban J connectivity index is 2.33. The highest BCUT2D eigenvalue weighted by Gasteiger charge is 2.32. The molecule has 1 aromatic rings. The zero-order valence-electron chi connectivity index (χ0n) is 13.7. The van der Waals surface area contributed by atoms with Crippen molar-refractivity contribution in [3.05, 3.63) is 51.2 Å². The Morgan fingerprint density at radius 3 is 2.50 bits per heavy atom. The molecular formula is C16H19N3O5. The molecule has 1 aliphatic heterocycles. The van der Waals surface area contributed by atoms with Crippen LogP contribution >= 0.6 is 0 Å². The van der Waals surface area contributed by atoms with Gasteiger partial charge in [-0.15, -0.1) is 0 Å². The number of carbonyl (C=O) groups is 2. The second-order valence-corrected chi connectivity index (χ2v) is 5.91. The lowest BCUT2D eigenvalue weighted by atomic mass is 9.95. The zero-order chi connectivity index (χ0) is 17.9. The number of hydrogen-bond acceptors (Lipinski definition) is 5. The Kier molecular flexibility index (Phi) is 5.18. The summed E-state index contributed by atoms with van der Waals surface area (Å²) in [6.07, 6.45) is 0. The molecule has 1 unspecified atom stereocenters. The predicted octanol–water partition coefficient (Wildman–Crippen LogP) is 2.42. The van der Waals surface area contributed by atoms with Crippen molar-refractivity contribution in [2.75, 3.05) is 6.61 Å². The number of nitrogens with zero attached hydrogens (tertiary/aromatic N) is 1. The fraction of sp³-hybridized carbons (Fsp3) is 0.375. The molecule has 8 heteroatoms. The average molecular weight is 333 g/mol. The van der Waals surface area contributed by atoms with Gasteiger partial charge in [0.05, 0.1) is 23.1 Å². The summed E-state index contributed by atoms with van der Waals surface area (Å²) in [5, 5.41) is 16.0. The third-order valence-electron chi connectivity index (χ3n) is 3.47. The van der Waals surface area contributed by atoms with Gasteiger partial charge in [-0.1, -0.05) is 13.8 Å². The summed E-state index contributed by atoms with van der Waals surface area (Å²) in [5.74, 6) is -0.351. The van der Waals surface area contributed by atoms with E-state index in [-0.39, 0.29) is 23.8 Å². The number of amides is 2. The van der Waals surface area contributed by atoms with E-state index in [1.54, 1.807) is 6.92 Å². The van der Waals surface area contributed by atoms with Gasteiger partial charge in [-0.3, -0.25) is 10.1 Å². The van der Waals surface area contributed by atoms with Crippen LogP contribution in [0.1, 0.15) is 32.4 Å². The maximum Gasteiger partial charge on any atom is 0.338 e. The predicted molar refractivity (Wildman–Crippen MR) is 86.0 cm³/mol. The number of urea groups is 1. The summed E-state index contributed by atoms with van der Waals surface area (Å²) in [6.45, 7) is 5.71. The van der Waals surface area contributed by atoms with E-state index in [0.717, 1.165) is 0 Å². The minimum Gasteiger partial charge on any atom is -0.462 e. The van der Waals surface area contributed by atoms with Crippen LogP contribution in [0.5, 0.6) is 0 Å². The van der Waals surface area contributed by atoms with E-state index in [0.29, 0.717) is 11.3 Å². The van der Waals surface area contributed by atoms with Crippen LogP contribution in [0.2, 0.25) is 0 Å². The first kappa shape index (κ1) is 17.5. The maximum absolute atomic E-state index is 12.4. The van der Waals surface area contributed by atoms with Crippen molar-refractivity contribution in [2.45, 2.75) is 26.8 Å². The molecule has 2 N–H and O–H groups in total. The van der Waals surface area contributed by atoms with E-state index >= 15 is 0 Å². The lowest BCUT2D eigenvalue weighted by Crippen LogP contribution is -2.45. The van der Waals surface area contributed by atoms with Crippen molar-refractivity contribution in [1.82, 2.24) is 10.6 Å². The number of rotatable bonds is 5. The highest BCUT2D eigenvalue weighted by atomic mass is 16.6. The molecule has 2 rings (SSSR count). The van der Waals surface area contributed by atoms with E-state index in [2.05, 4.69) is 10.6 Å². The monoisotopic (exact) mass is 333 g/mol. The number of esters is 1. The third kappa shape index (κ3) is 3.89. The minimum absolute atomic E-state index is 0.0661. The van der Waals surface area contributed by atoms with Gasteiger partial charge in [-0.2, -0.15) is 0 Å². The molecule has 24 heavy (non-hydrogen) atoms. The van der Waals surface area contributed by atoms with Crippen molar-refractivity contribution in [2.24, 2.45) is 5.92 Å². The summed E-state index contributed by atoms with van der Waals surface area (Å²) in [4.78, 5) is 34.4. The lowest BCUT2D eigenvalue weighted by molar-refractivity contribution is -0.384. The van der Waals surface area contributed by atoms with Gasteiger partial charge >= 0.3 is 12.0 Å². The summed E-state index contributed by atoms with van der Waals surface area (Å²) in [6, 6.07) is 4.51. The van der Waals surface area contributed by atoms with E-state index in [9.17, 15) is 19.7 Å². The Bertz CT molecular complexity index is 694. The van der Waals surface area contributed by atoms with E-state index in [1.807, 2.05) is 13.8 Å². The van der Waals surface area contributed by atoms with Gasteiger partial charge in [-0.05, 0) is 30.5 Å². The van der Waals surface area contributed by atoms with Gasteiger partial charge in [0.25, 0.3) is 5.69 Å². The molecule has 1 aliphatic rings. The van der Waals surface area contributed by atoms with Crippen LogP contribution in [0, 0.1) is 16.0 Å². The summed E-state index contributed by atoms with van der Waals surface area (Å²) in [7, 11) is 0. The number of nitro benzene ring substituents is 1. The quantitative estimate of drug-likeness (QED) is 0.488. The van der Waals surface area contributed by atoms with Crippen LogP contribution in [0.25, 0.3) is 0 Å². The largest absolute Gasteiger partial charge is 0.462 e. The van der Waals surface area contributed by atoms with Crippen LogP contribution < -0.4 is 10.6 Å². The van der Waals surface area contributed by atoms with Gasteiger partial charge in [0.1, 0.15) is 0 Å². The normalized spacial score (nSPS) is 17.3. The number of non-ortho nitro benzene ring substituents is 1. The lowest BCUT2D eigenvalue weighted by Gasteiger charge is -2.28. The van der Waals surface area contributed by atoms with Crippen LogP contribution in [0.3, 0.4) is 0 Å². The average Bonchev–Trinajstić information content (AvgIpc) is 2.52. The van der Waals surface area contributed by atoms with Gasteiger partial charge in [0, 0.05) is 17.8 Å². The number of benzene rings is 1. The van der Waals surface area contributed by atoms with Crippen LogP contribution in [0.15, 0.2) is 35.5 Å². The molecule has 8 nitrogen and oxygen atoms in total. The van der Waals surface area contributed by atoms with E-state index in [1.165, 1.54) is 24.3 Å². The smallest absolute Gasteiger partial charge is 0.338 e. The molecule has 0 bridgehead atoms. The molecule has 2 amide bonds. The molecule has 0 aromatic heterocycles. The number of ether oxygens (including phenoxy) is 1. The molecule has 0 saturated carbocycles. The number of allylic oxidation sites excluding steroid dienone is 1. The van der Waals surface area contributed by atoms with Gasteiger partial charge in [0.15, 0.2) is 0 Å². The van der Waals surface area contributed by atoms with Crippen molar-refractivity contribution in [3.63, 3.8) is 0 Å². The Morgan fingerprint density at radius 1 is 1.33 bits per heavy atom. The van der Waals surface area contributed by atoms with Crippen LogP contribution in [-0.4, -0.2) is 23.5 Å². The summed E-state index contributed by atoms with van der Waals surface area (Å²) in [5.41, 5.74) is 1.18. The zero-order valence-corrected chi connectivity index (χ0v) is 13.7. The topological polar surface area (TPSA) is 111 Å². The van der Waals surface area contributed by atoms with E-state index < -0.39 is 23.0 Å². The third-order valence-corrected chi connectivity index (χ3v) is 3.47. The highest BCUT2D eigenvalue weighted by Crippen LogP contribution is 2.28. The number of hydrogen-bond donors (Lipinski definition) is 2. The standard InChI is InChI=1S/C16H19N3O5/c1-9(2)8-24-15(20)13-10(3)17-16(21)18-14(13)11-4-6-12(7-5-11)19(22)23/h4-7,9,14H,8H2,1-3H3,(H2,17,18,21). The maximum atomic E-state index is 12.4. The fourth-order valence-corrected chi connectivity index (χ4v) is 2.32. The Morgan fingerprint density at radius 2 is 1.96 bits per heavy atom. The SMILES string of the molecule is CC1=C(C(=O)OCC(C)C)C(c2ccc([N+](=O)[O-])cc2)NC(=O)N1. The van der Waals surface area contributed by atoms with Gasteiger partial charge < -0.3 is 15.4 Å². The van der Waals surface area contributed by atoms with Crippen LogP contribution in [0.4, 0.5) is 10.5 Å². The fourth-order valence-electron chi connectivity index (χ4n) is 2.32. The Labute approximate surface area is 139 Å². The van der Waals surface area contributed by atoms with Crippen molar-refractivity contribution in [1.29, 1.82) is 0 Å². The summed E-state index contributed by atoms with van der Waals surface area (Å²) >= 11 is 0. The minimum atomic E-state index is -0.723. The van der Waals surface area contributed by atoms with Crippen molar-refractivity contribution >= 4 is 17.7 Å². The molecule has 0 radical (unpaired) electrons. The Hall–Kier alpha value is -2.90. The first-order valence-corrected chi connectivity index (χ1v) is 7.49. The first-order valence-electron chi connectivity index (χ1n) is 7.49. The molecule has 0 spiro atoms. The molecule has 1 heterocycles. The highest BCUT2D eigenvalue weighted by molar-refractivity contribution is 5.95. The second kappa shape index (κ2) is 7.12. The van der Waals surface area contributed by atoms with E-state index in [4.69, 9.17) is 4.74 Å². The van der Waals surface area contributed by atoms with Crippen LogP contribution in [-0.2, 0) is 9.53 Å². The molecular weight excluding hydrogens is 314 g/mol. The van der Waals surface area contributed by atoms with Crippen molar-refractivity contribution in [3.8, 4) is 0 Å². The number of nitrogens with one attached hydrogen (secondary N) is 2. The van der Waals surface area contributed by atoms with Crippen molar-refractivity contribution < 1.29 is 19.2 Å². The summed E-state index contributed by atoms with van der Waals surface area (Å²) < 4.78 is 5.27.